The Labute approximate surface area is 183 Å². The number of thioether (sulfide) groups is 1. The maximum atomic E-state index is 12.9. The van der Waals surface area contributed by atoms with Crippen LogP contribution in [0.1, 0.15) is 15.9 Å². The lowest BCUT2D eigenvalue weighted by atomic mass is 10.1. The number of carbonyl (C=O) groups excluding carboxylic acids is 1. The summed E-state index contributed by atoms with van der Waals surface area (Å²) in [5, 5.41) is 19.6. The molecule has 1 amide bonds. The number of ether oxygens (including phenoxy) is 2. The SMILES string of the molecule is C=CCN1C(=O)/C(=C/c2cc(OC)c(O)c(OC)c2)SC1=Nc1ccc(C(=O)O)cc1. The highest BCUT2D eigenvalue weighted by Gasteiger charge is 2.32. The van der Waals surface area contributed by atoms with E-state index < -0.39 is 5.97 Å². The molecule has 0 saturated carbocycles. The van der Waals surface area contributed by atoms with Gasteiger partial charge in [-0.05, 0) is 59.8 Å². The van der Waals surface area contributed by atoms with Crippen LogP contribution in [0.4, 0.5) is 5.69 Å². The van der Waals surface area contributed by atoms with E-state index >= 15 is 0 Å². The van der Waals surface area contributed by atoms with Crippen molar-refractivity contribution in [3.8, 4) is 17.2 Å². The van der Waals surface area contributed by atoms with Gasteiger partial charge in [-0.2, -0.15) is 0 Å². The molecule has 0 bridgehead atoms. The Bertz CT molecular complexity index is 1070. The number of rotatable bonds is 7. The molecule has 9 heteroatoms. The number of hydrogen-bond acceptors (Lipinski definition) is 7. The Kier molecular flexibility index (Phi) is 6.66. The Hall–Kier alpha value is -3.72. The van der Waals surface area contributed by atoms with E-state index in [1.165, 1.54) is 43.0 Å². The number of aliphatic imine (C=N–C) groups is 1. The molecular formula is C22H20N2O6S. The summed E-state index contributed by atoms with van der Waals surface area (Å²) in [6.07, 6.45) is 3.25. The average Bonchev–Trinajstić information content (AvgIpc) is 3.04. The molecule has 1 heterocycles. The van der Waals surface area contributed by atoms with Crippen LogP contribution in [0, 0.1) is 0 Å². The molecule has 1 fully saturated rings. The third-order valence-electron chi connectivity index (χ3n) is 4.34. The number of carbonyl (C=O) groups is 2. The molecule has 160 valence electrons. The Balaban J connectivity index is 1.97. The quantitative estimate of drug-likeness (QED) is 0.496. The van der Waals surface area contributed by atoms with Crippen molar-refractivity contribution in [1.82, 2.24) is 4.90 Å². The summed E-state index contributed by atoms with van der Waals surface area (Å²) >= 11 is 1.18. The van der Waals surface area contributed by atoms with Gasteiger partial charge in [0.05, 0.1) is 30.4 Å². The van der Waals surface area contributed by atoms with Gasteiger partial charge < -0.3 is 19.7 Å². The Morgan fingerprint density at radius 3 is 2.32 bits per heavy atom. The standard InChI is InChI=1S/C22H20N2O6S/c1-4-9-24-20(26)18(12-13-10-16(29-2)19(25)17(11-13)30-3)31-22(24)23-15-7-5-14(6-8-15)21(27)28/h4-8,10-12,25H,1,9H2,2-3H3,(H,27,28)/b18-12-,23-22?. The van der Waals surface area contributed by atoms with Crippen molar-refractivity contribution in [2.75, 3.05) is 20.8 Å². The molecule has 31 heavy (non-hydrogen) atoms. The normalized spacial score (nSPS) is 16.1. The van der Waals surface area contributed by atoms with E-state index in [-0.39, 0.29) is 35.3 Å². The average molecular weight is 440 g/mol. The van der Waals surface area contributed by atoms with Crippen LogP contribution in [0.25, 0.3) is 6.08 Å². The maximum absolute atomic E-state index is 12.9. The Morgan fingerprint density at radius 1 is 1.19 bits per heavy atom. The minimum Gasteiger partial charge on any atom is -0.502 e. The van der Waals surface area contributed by atoms with Gasteiger partial charge in [0.15, 0.2) is 16.7 Å². The highest BCUT2D eigenvalue weighted by molar-refractivity contribution is 8.18. The molecule has 8 nitrogen and oxygen atoms in total. The van der Waals surface area contributed by atoms with Crippen LogP contribution < -0.4 is 9.47 Å². The molecule has 1 aliphatic rings. The number of aromatic carboxylic acids is 1. The van der Waals surface area contributed by atoms with Gasteiger partial charge in [-0.15, -0.1) is 6.58 Å². The lowest BCUT2D eigenvalue weighted by Gasteiger charge is -2.12. The molecule has 0 aromatic heterocycles. The first-order valence-electron chi connectivity index (χ1n) is 9.07. The van der Waals surface area contributed by atoms with Gasteiger partial charge in [0.2, 0.25) is 5.75 Å². The van der Waals surface area contributed by atoms with Crippen molar-refractivity contribution in [2.24, 2.45) is 4.99 Å². The molecule has 0 atom stereocenters. The predicted octanol–water partition coefficient (Wildman–Crippen LogP) is 3.90. The van der Waals surface area contributed by atoms with Crippen LogP contribution in [0.5, 0.6) is 17.2 Å². The zero-order valence-electron chi connectivity index (χ0n) is 16.9. The van der Waals surface area contributed by atoms with Gasteiger partial charge >= 0.3 is 5.97 Å². The minimum absolute atomic E-state index is 0.127. The molecular weight excluding hydrogens is 420 g/mol. The third-order valence-corrected chi connectivity index (χ3v) is 5.35. The van der Waals surface area contributed by atoms with Crippen LogP contribution in [0.15, 0.2) is 59.0 Å². The number of hydrogen-bond donors (Lipinski definition) is 2. The number of phenolic OH excluding ortho intramolecular Hbond substituents is 1. The number of nitrogens with zero attached hydrogens (tertiary/aromatic N) is 2. The summed E-state index contributed by atoms with van der Waals surface area (Å²) in [4.78, 5) is 30.3. The maximum Gasteiger partial charge on any atom is 0.335 e. The van der Waals surface area contributed by atoms with Crippen molar-refractivity contribution in [3.05, 3.63) is 65.1 Å². The van der Waals surface area contributed by atoms with E-state index in [4.69, 9.17) is 14.6 Å². The third kappa shape index (κ3) is 4.72. The van der Waals surface area contributed by atoms with E-state index in [1.54, 1.807) is 36.4 Å². The number of amides is 1. The summed E-state index contributed by atoms with van der Waals surface area (Å²) in [6.45, 7) is 3.95. The first kappa shape index (κ1) is 22.0. The number of amidine groups is 1. The van der Waals surface area contributed by atoms with Crippen LogP contribution in [0.2, 0.25) is 0 Å². The highest BCUT2D eigenvalue weighted by Crippen LogP contribution is 2.39. The topological polar surface area (TPSA) is 109 Å². The zero-order valence-corrected chi connectivity index (χ0v) is 17.7. The van der Waals surface area contributed by atoms with Crippen LogP contribution in [-0.4, -0.2) is 52.9 Å². The predicted molar refractivity (Wildman–Crippen MR) is 119 cm³/mol. The molecule has 3 rings (SSSR count). The summed E-state index contributed by atoms with van der Waals surface area (Å²) in [5.74, 6) is -0.966. The van der Waals surface area contributed by atoms with Crippen molar-refractivity contribution < 1.29 is 29.3 Å². The molecule has 1 saturated heterocycles. The first-order chi connectivity index (χ1) is 14.9. The first-order valence-corrected chi connectivity index (χ1v) is 9.89. The monoisotopic (exact) mass is 440 g/mol. The van der Waals surface area contributed by atoms with E-state index in [0.717, 1.165) is 0 Å². The second-order valence-electron chi connectivity index (χ2n) is 6.34. The fourth-order valence-corrected chi connectivity index (χ4v) is 3.83. The number of phenols is 1. The minimum atomic E-state index is -1.03. The summed E-state index contributed by atoms with van der Waals surface area (Å²) in [5.41, 5.74) is 1.27. The van der Waals surface area contributed by atoms with E-state index in [1.807, 2.05) is 0 Å². The number of benzene rings is 2. The lowest BCUT2D eigenvalue weighted by molar-refractivity contribution is -0.121. The highest BCUT2D eigenvalue weighted by atomic mass is 32.2. The molecule has 2 aromatic rings. The molecule has 0 aliphatic carbocycles. The number of methoxy groups -OCH3 is 2. The fraction of sp³-hybridized carbons (Fsp3) is 0.136. The van der Waals surface area contributed by atoms with Crippen LogP contribution in [-0.2, 0) is 4.79 Å². The number of carboxylic acid groups (broad SMARTS) is 1. The van der Waals surface area contributed by atoms with Crippen molar-refractivity contribution in [2.45, 2.75) is 0 Å². The molecule has 0 spiro atoms. The molecule has 2 aromatic carbocycles. The van der Waals surface area contributed by atoms with Gasteiger partial charge in [-0.25, -0.2) is 9.79 Å². The molecule has 0 radical (unpaired) electrons. The van der Waals surface area contributed by atoms with Gasteiger partial charge in [0.25, 0.3) is 5.91 Å². The second-order valence-corrected chi connectivity index (χ2v) is 7.34. The lowest BCUT2D eigenvalue weighted by Crippen LogP contribution is -2.29. The molecule has 2 N–H and O–H groups in total. The molecule has 1 aliphatic heterocycles. The second kappa shape index (κ2) is 9.40. The van der Waals surface area contributed by atoms with Crippen molar-refractivity contribution >= 4 is 40.6 Å². The molecule has 0 unspecified atom stereocenters. The van der Waals surface area contributed by atoms with Crippen molar-refractivity contribution in [3.63, 3.8) is 0 Å². The van der Waals surface area contributed by atoms with E-state index in [2.05, 4.69) is 11.6 Å². The number of carboxylic acids is 1. The summed E-state index contributed by atoms with van der Waals surface area (Å²) in [7, 11) is 2.85. The largest absolute Gasteiger partial charge is 0.502 e. The Morgan fingerprint density at radius 2 is 1.81 bits per heavy atom. The fourth-order valence-electron chi connectivity index (χ4n) is 2.82. The van der Waals surface area contributed by atoms with Gasteiger partial charge in [0, 0.05) is 6.54 Å². The van der Waals surface area contributed by atoms with Crippen LogP contribution >= 0.6 is 11.8 Å². The van der Waals surface area contributed by atoms with Crippen molar-refractivity contribution in [1.29, 1.82) is 0 Å². The van der Waals surface area contributed by atoms with E-state index in [9.17, 15) is 14.7 Å². The van der Waals surface area contributed by atoms with Gasteiger partial charge in [0.1, 0.15) is 0 Å². The van der Waals surface area contributed by atoms with Gasteiger partial charge in [-0.1, -0.05) is 6.08 Å². The zero-order chi connectivity index (χ0) is 22.5. The van der Waals surface area contributed by atoms with E-state index in [0.29, 0.717) is 21.3 Å². The van der Waals surface area contributed by atoms with Crippen LogP contribution in [0.3, 0.4) is 0 Å². The number of aromatic hydroxyl groups is 1. The smallest absolute Gasteiger partial charge is 0.335 e. The summed E-state index contributed by atoms with van der Waals surface area (Å²) < 4.78 is 10.3. The summed E-state index contributed by atoms with van der Waals surface area (Å²) in [6, 6.07) is 9.24. The van der Waals surface area contributed by atoms with Gasteiger partial charge in [-0.3, -0.25) is 9.69 Å².